The maximum absolute atomic E-state index is 13.0. The van der Waals surface area contributed by atoms with E-state index in [-0.39, 0.29) is 5.78 Å². The Hall–Kier alpha value is -2.82. The Balaban J connectivity index is 2.09. The fourth-order valence-corrected chi connectivity index (χ4v) is 2.77. The lowest BCUT2D eigenvalue weighted by atomic mass is 10.0. The van der Waals surface area contributed by atoms with Crippen molar-refractivity contribution in [1.82, 2.24) is 4.90 Å². The fourth-order valence-electron chi connectivity index (χ4n) is 2.77. The molecule has 2 aromatic carbocycles. The molecule has 0 spiro atoms. The predicted molar refractivity (Wildman–Crippen MR) is 110 cm³/mol. The minimum Gasteiger partial charge on any atom is -0.489 e. The van der Waals surface area contributed by atoms with E-state index < -0.39 is 17.7 Å². The average Bonchev–Trinajstić information content (AvgIpc) is 2.66. The highest BCUT2D eigenvalue weighted by atomic mass is 16.6. The van der Waals surface area contributed by atoms with E-state index in [1.54, 1.807) is 46.0 Å². The monoisotopic (exact) mass is 383 g/mol. The number of amides is 1. The van der Waals surface area contributed by atoms with Crippen molar-refractivity contribution < 1.29 is 19.1 Å². The summed E-state index contributed by atoms with van der Waals surface area (Å²) in [7, 11) is 1.59. The zero-order valence-corrected chi connectivity index (χ0v) is 17.3. The molecule has 0 N–H and O–H groups in total. The Morgan fingerprint density at radius 1 is 1.04 bits per heavy atom. The van der Waals surface area contributed by atoms with Gasteiger partial charge in [-0.05, 0) is 44.9 Å². The number of carbonyl (C=O) groups is 2. The molecular weight excluding hydrogens is 354 g/mol. The maximum Gasteiger partial charge on any atom is 0.410 e. The molecule has 0 radical (unpaired) electrons. The van der Waals surface area contributed by atoms with Gasteiger partial charge in [0.15, 0.2) is 5.78 Å². The van der Waals surface area contributed by atoms with Gasteiger partial charge in [-0.15, -0.1) is 0 Å². The lowest BCUT2D eigenvalue weighted by molar-refractivity contribution is 0.0214. The molecule has 0 heterocycles. The Kier molecular flexibility index (Phi) is 7.21. The van der Waals surface area contributed by atoms with Crippen molar-refractivity contribution in [3.8, 4) is 5.75 Å². The molecule has 0 aliphatic carbocycles. The molecule has 5 nitrogen and oxygen atoms in total. The molecule has 28 heavy (non-hydrogen) atoms. The highest BCUT2D eigenvalue weighted by molar-refractivity contribution is 6.01. The Labute approximate surface area is 167 Å². The molecule has 2 aromatic rings. The van der Waals surface area contributed by atoms with E-state index in [2.05, 4.69) is 0 Å². The van der Waals surface area contributed by atoms with E-state index in [0.717, 1.165) is 5.56 Å². The Bertz CT molecular complexity index is 796. The topological polar surface area (TPSA) is 55.8 Å². The van der Waals surface area contributed by atoms with Crippen molar-refractivity contribution in [3.05, 3.63) is 65.7 Å². The van der Waals surface area contributed by atoms with Crippen LogP contribution in [-0.4, -0.2) is 35.5 Å². The minimum atomic E-state index is -0.613. The third-order valence-corrected chi connectivity index (χ3v) is 4.21. The van der Waals surface area contributed by atoms with E-state index in [1.807, 2.05) is 43.3 Å². The molecule has 0 saturated heterocycles. The molecule has 0 aliphatic rings. The van der Waals surface area contributed by atoms with Crippen molar-refractivity contribution in [1.29, 1.82) is 0 Å². The number of ether oxygens (including phenoxy) is 2. The maximum atomic E-state index is 13.0. The van der Waals surface area contributed by atoms with Crippen LogP contribution >= 0.6 is 0 Å². The summed E-state index contributed by atoms with van der Waals surface area (Å²) in [6.07, 6.45) is -0.0203. The summed E-state index contributed by atoms with van der Waals surface area (Å²) in [5.74, 6) is 0.477. The lowest BCUT2D eigenvalue weighted by Crippen LogP contribution is -2.44. The molecule has 0 aliphatic heterocycles. The van der Waals surface area contributed by atoms with Crippen molar-refractivity contribution in [2.75, 3.05) is 7.05 Å². The van der Waals surface area contributed by atoms with E-state index >= 15 is 0 Å². The molecule has 0 aromatic heterocycles. The van der Waals surface area contributed by atoms with Crippen LogP contribution in [-0.2, 0) is 11.3 Å². The van der Waals surface area contributed by atoms with E-state index in [1.165, 1.54) is 4.90 Å². The van der Waals surface area contributed by atoms with Crippen LogP contribution < -0.4 is 4.74 Å². The first-order chi connectivity index (χ1) is 13.2. The first-order valence-corrected chi connectivity index (χ1v) is 9.48. The van der Waals surface area contributed by atoms with Crippen LogP contribution in [0.1, 0.15) is 50.0 Å². The first-order valence-electron chi connectivity index (χ1n) is 9.48. The summed E-state index contributed by atoms with van der Waals surface area (Å²) in [6.45, 7) is 7.70. The van der Waals surface area contributed by atoms with Gasteiger partial charge in [-0.25, -0.2) is 4.79 Å². The summed E-state index contributed by atoms with van der Waals surface area (Å²) >= 11 is 0. The van der Waals surface area contributed by atoms with E-state index in [0.29, 0.717) is 24.3 Å². The van der Waals surface area contributed by atoms with Gasteiger partial charge >= 0.3 is 6.09 Å². The summed E-state index contributed by atoms with van der Waals surface area (Å²) < 4.78 is 11.2. The number of ketones is 1. The molecule has 0 saturated carbocycles. The minimum absolute atomic E-state index is 0.138. The van der Waals surface area contributed by atoms with Crippen molar-refractivity contribution in [2.24, 2.45) is 0 Å². The second kappa shape index (κ2) is 9.40. The van der Waals surface area contributed by atoms with Crippen LogP contribution in [0.4, 0.5) is 4.79 Å². The molecule has 1 atom stereocenters. The molecule has 2 rings (SSSR count). The molecule has 0 fully saturated rings. The van der Waals surface area contributed by atoms with Crippen molar-refractivity contribution >= 4 is 11.9 Å². The van der Waals surface area contributed by atoms with Crippen LogP contribution in [0.2, 0.25) is 0 Å². The van der Waals surface area contributed by atoms with Crippen molar-refractivity contribution in [3.63, 3.8) is 0 Å². The predicted octanol–water partition coefficient (Wildman–Crippen LogP) is 5.09. The lowest BCUT2D eigenvalue weighted by Gasteiger charge is -2.29. The standard InChI is InChI=1S/C23H29NO4/c1-6-20(24(5)22(26)28-23(2,3)4)21(25)18-13-10-14-19(15-18)27-16-17-11-8-7-9-12-17/h7-15,20H,6,16H2,1-5H3/t20-/m0/s1. The summed E-state index contributed by atoms with van der Waals surface area (Å²) in [5.41, 5.74) is 0.945. The van der Waals surface area contributed by atoms with Gasteiger partial charge in [-0.1, -0.05) is 49.4 Å². The number of hydrogen-bond acceptors (Lipinski definition) is 4. The van der Waals surface area contributed by atoms with Gasteiger partial charge < -0.3 is 14.4 Å². The summed E-state index contributed by atoms with van der Waals surface area (Å²) in [4.78, 5) is 26.7. The van der Waals surface area contributed by atoms with E-state index in [9.17, 15) is 9.59 Å². The van der Waals surface area contributed by atoms with Crippen LogP contribution in [0, 0.1) is 0 Å². The van der Waals surface area contributed by atoms with Crippen LogP contribution in [0.3, 0.4) is 0 Å². The zero-order chi connectivity index (χ0) is 20.7. The zero-order valence-electron chi connectivity index (χ0n) is 17.3. The number of Topliss-reactive ketones (excluding diaryl/α,β-unsaturated/α-hetero) is 1. The normalized spacial score (nSPS) is 12.2. The third kappa shape index (κ3) is 6.12. The second-order valence-corrected chi connectivity index (χ2v) is 7.68. The average molecular weight is 383 g/mol. The number of hydrogen-bond donors (Lipinski definition) is 0. The highest BCUT2D eigenvalue weighted by Gasteiger charge is 2.29. The third-order valence-electron chi connectivity index (χ3n) is 4.21. The summed E-state index contributed by atoms with van der Waals surface area (Å²) in [5, 5.41) is 0. The van der Waals surface area contributed by atoms with Crippen LogP contribution in [0.25, 0.3) is 0 Å². The first kappa shape index (κ1) is 21.5. The van der Waals surface area contributed by atoms with Crippen LogP contribution in [0.5, 0.6) is 5.75 Å². The molecule has 0 bridgehead atoms. The molecule has 1 amide bonds. The van der Waals surface area contributed by atoms with Gasteiger partial charge in [-0.2, -0.15) is 0 Å². The van der Waals surface area contributed by atoms with Gasteiger partial charge in [0.25, 0.3) is 0 Å². The van der Waals surface area contributed by atoms with Crippen molar-refractivity contribution in [2.45, 2.75) is 52.4 Å². The quantitative estimate of drug-likeness (QED) is 0.625. The Morgan fingerprint density at radius 3 is 2.32 bits per heavy atom. The molecule has 150 valence electrons. The number of likely N-dealkylation sites (N-methyl/N-ethyl adjacent to an activating group) is 1. The van der Waals surface area contributed by atoms with Gasteiger partial charge in [-0.3, -0.25) is 4.79 Å². The number of benzene rings is 2. The van der Waals surface area contributed by atoms with Gasteiger partial charge in [0.2, 0.25) is 0 Å². The SMILES string of the molecule is CC[C@@H](C(=O)c1cccc(OCc2ccccc2)c1)N(C)C(=O)OC(C)(C)C. The highest BCUT2D eigenvalue weighted by Crippen LogP contribution is 2.20. The smallest absolute Gasteiger partial charge is 0.410 e. The molecule has 5 heteroatoms. The van der Waals surface area contributed by atoms with Gasteiger partial charge in [0.1, 0.15) is 18.0 Å². The molecular formula is C23H29NO4. The Morgan fingerprint density at radius 2 is 1.71 bits per heavy atom. The van der Waals surface area contributed by atoms with Crippen LogP contribution in [0.15, 0.2) is 54.6 Å². The number of rotatable bonds is 7. The van der Waals surface area contributed by atoms with Gasteiger partial charge in [0.05, 0.1) is 6.04 Å². The fraction of sp³-hybridized carbons (Fsp3) is 0.391. The van der Waals surface area contributed by atoms with Gasteiger partial charge in [0, 0.05) is 12.6 Å². The largest absolute Gasteiger partial charge is 0.489 e. The van der Waals surface area contributed by atoms with E-state index in [4.69, 9.17) is 9.47 Å². The summed E-state index contributed by atoms with van der Waals surface area (Å²) in [6, 6.07) is 16.3. The second-order valence-electron chi connectivity index (χ2n) is 7.68. The number of carbonyl (C=O) groups excluding carboxylic acids is 2. The molecule has 0 unspecified atom stereocenters. The number of nitrogens with zero attached hydrogens (tertiary/aromatic N) is 1.